The molecule has 104 valence electrons. The van der Waals surface area contributed by atoms with Crippen molar-refractivity contribution in [3.63, 3.8) is 0 Å². The lowest BCUT2D eigenvalue weighted by Gasteiger charge is -2.10. The average Bonchev–Trinajstić information content (AvgIpc) is 2.43. The summed E-state index contributed by atoms with van der Waals surface area (Å²) >= 11 is 3.19. The first-order valence-corrected chi connectivity index (χ1v) is 6.64. The van der Waals surface area contributed by atoms with Crippen molar-refractivity contribution < 1.29 is 18.7 Å². The summed E-state index contributed by atoms with van der Waals surface area (Å²) in [4.78, 5) is 11.6. The van der Waals surface area contributed by atoms with Crippen LogP contribution in [0.3, 0.4) is 0 Å². The van der Waals surface area contributed by atoms with E-state index in [9.17, 15) is 9.18 Å². The van der Waals surface area contributed by atoms with Crippen molar-refractivity contribution in [1.29, 1.82) is 0 Å². The van der Waals surface area contributed by atoms with E-state index in [0.717, 1.165) is 0 Å². The van der Waals surface area contributed by atoms with Crippen molar-refractivity contribution in [3.05, 3.63) is 63.9 Å². The largest absolute Gasteiger partial charge is 0.489 e. The van der Waals surface area contributed by atoms with Crippen molar-refractivity contribution in [1.82, 2.24) is 0 Å². The molecule has 2 aromatic rings. The van der Waals surface area contributed by atoms with Crippen LogP contribution in [0.1, 0.15) is 15.9 Å². The van der Waals surface area contributed by atoms with E-state index in [1.54, 1.807) is 30.3 Å². The number of rotatable bonds is 4. The molecule has 0 spiro atoms. The molecule has 0 unspecified atom stereocenters. The van der Waals surface area contributed by atoms with Gasteiger partial charge in [-0.3, -0.25) is 0 Å². The van der Waals surface area contributed by atoms with Gasteiger partial charge in [0.2, 0.25) is 0 Å². The van der Waals surface area contributed by atoms with E-state index in [2.05, 4.69) is 15.9 Å². The maximum Gasteiger partial charge on any atom is 0.338 e. The Balaban J connectivity index is 2.16. The summed E-state index contributed by atoms with van der Waals surface area (Å²) in [6, 6.07) is 11.2. The zero-order valence-electron chi connectivity index (χ0n) is 10.7. The van der Waals surface area contributed by atoms with Crippen molar-refractivity contribution in [2.45, 2.75) is 6.61 Å². The molecule has 0 saturated carbocycles. The molecule has 0 aliphatic carbocycles. The summed E-state index contributed by atoms with van der Waals surface area (Å²) in [7, 11) is 1.32. The lowest BCUT2D eigenvalue weighted by molar-refractivity contribution is 0.0597. The van der Waals surface area contributed by atoms with Crippen LogP contribution >= 0.6 is 15.9 Å². The molecule has 0 aliphatic heterocycles. The van der Waals surface area contributed by atoms with Crippen LogP contribution in [-0.2, 0) is 11.3 Å². The van der Waals surface area contributed by atoms with E-state index < -0.39 is 11.8 Å². The SMILES string of the molecule is COC(=O)c1ccccc1COc1cc(F)cc(Br)c1. The van der Waals surface area contributed by atoms with Gasteiger partial charge in [0.05, 0.1) is 12.7 Å². The highest BCUT2D eigenvalue weighted by Gasteiger charge is 2.11. The Kier molecular flexibility index (Phi) is 4.74. The van der Waals surface area contributed by atoms with Gasteiger partial charge in [-0.25, -0.2) is 9.18 Å². The Morgan fingerprint density at radius 3 is 2.70 bits per heavy atom. The maximum absolute atomic E-state index is 13.2. The summed E-state index contributed by atoms with van der Waals surface area (Å²) in [6.45, 7) is 0.154. The average molecular weight is 339 g/mol. The fourth-order valence-corrected chi connectivity index (χ4v) is 2.17. The lowest BCUT2D eigenvalue weighted by Crippen LogP contribution is -2.07. The van der Waals surface area contributed by atoms with Gasteiger partial charge in [0, 0.05) is 16.1 Å². The predicted octanol–water partition coefficient (Wildman–Crippen LogP) is 3.95. The number of ether oxygens (including phenoxy) is 2. The van der Waals surface area contributed by atoms with Crippen LogP contribution < -0.4 is 4.74 Å². The van der Waals surface area contributed by atoms with Crippen LogP contribution in [0.5, 0.6) is 5.75 Å². The van der Waals surface area contributed by atoms with Gasteiger partial charge in [0.25, 0.3) is 0 Å². The van der Waals surface area contributed by atoms with Gasteiger partial charge in [-0.15, -0.1) is 0 Å². The van der Waals surface area contributed by atoms with Crippen molar-refractivity contribution >= 4 is 21.9 Å². The third kappa shape index (κ3) is 3.57. The first-order valence-electron chi connectivity index (χ1n) is 5.85. The molecule has 0 saturated heterocycles. The number of methoxy groups -OCH3 is 1. The second kappa shape index (κ2) is 6.52. The zero-order valence-corrected chi connectivity index (χ0v) is 12.3. The molecule has 0 fully saturated rings. The Morgan fingerprint density at radius 1 is 1.25 bits per heavy atom. The molecule has 0 aliphatic rings. The van der Waals surface area contributed by atoms with Crippen molar-refractivity contribution in [3.8, 4) is 5.75 Å². The Hall–Kier alpha value is -1.88. The minimum Gasteiger partial charge on any atom is -0.489 e. The summed E-state index contributed by atoms with van der Waals surface area (Å²) in [5.74, 6) is -0.434. The van der Waals surface area contributed by atoms with Crippen LogP contribution in [0, 0.1) is 5.82 Å². The molecule has 0 radical (unpaired) electrons. The van der Waals surface area contributed by atoms with Gasteiger partial charge in [-0.1, -0.05) is 34.1 Å². The highest BCUT2D eigenvalue weighted by Crippen LogP contribution is 2.22. The first-order chi connectivity index (χ1) is 9.60. The van der Waals surface area contributed by atoms with E-state index in [4.69, 9.17) is 9.47 Å². The standard InChI is InChI=1S/C15H12BrFO3/c1-19-15(18)14-5-3-2-4-10(14)9-20-13-7-11(16)6-12(17)8-13/h2-8H,9H2,1H3. The van der Waals surface area contributed by atoms with Crippen LogP contribution in [0.25, 0.3) is 0 Å². The first kappa shape index (κ1) is 14.5. The Labute approximate surface area is 124 Å². The molecule has 0 bridgehead atoms. The molecule has 0 heterocycles. The second-order valence-electron chi connectivity index (χ2n) is 4.04. The molecular weight excluding hydrogens is 327 g/mol. The third-order valence-electron chi connectivity index (χ3n) is 2.65. The van der Waals surface area contributed by atoms with E-state index in [1.165, 1.54) is 19.2 Å². The van der Waals surface area contributed by atoms with Crippen molar-refractivity contribution in [2.24, 2.45) is 0 Å². The van der Waals surface area contributed by atoms with Crippen LogP contribution in [0.4, 0.5) is 4.39 Å². The summed E-state index contributed by atoms with van der Waals surface area (Å²) in [5, 5.41) is 0. The topological polar surface area (TPSA) is 35.5 Å². The minimum absolute atomic E-state index is 0.154. The number of carbonyl (C=O) groups excluding carboxylic acids is 1. The number of benzene rings is 2. The van der Waals surface area contributed by atoms with Crippen LogP contribution in [-0.4, -0.2) is 13.1 Å². The molecular formula is C15H12BrFO3. The van der Waals surface area contributed by atoms with Gasteiger partial charge in [0.1, 0.15) is 18.2 Å². The Morgan fingerprint density at radius 2 is 2.00 bits per heavy atom. The number of halogens is 2. The maximum atomic E-state index is 13.2. The Bertz CT molecular complexity index is 608. The van der Waals surface area contributed by atoms with E-state index in [0.29, 0.717) is 21.3 Å². The van der Waals surface area contributed by atoms with E-state index in [1.807, 2.05) is 0 Å². The molecule has 0 atom stereocenters. The fraction of sp³-hybridized carbons (Fsp3) is 0.133. The molecule has 0 aromatic heterocycles. The smallest absolute Gasteiger partial charge is 0.338 e. The van der Waals surface area contributed by atoms with Crippen LogP contribution in [0.2, 0.25) is 0 Å². The van der Waals surface area contributed by atoms with Crippen molar-refractivity contribution in [2.75, 3.05) is 7.11 Å². The highest BCUT2D eigenvalue weighted by molar-refractivity contribution is 9.10. The monoisotopic (exact) mass is 338 g/mol. The number of hydrogen-bond donors (Lipinski definition) is 0. The molecule has 0 amide bonds. The molecule has 5 heteroatoms. The van der Waals surface area contributed by atoms with Gasteiger partial charge >= 0.3 is 5.97 Å². The number of esters is 1. The predicted molar refractivity (Wildman–Crippen MR) is 76.2 cm³/mol. The normalized spacial score (nSPS) is 10.2. The van der Waals surface area contributed by atoms with Gasteiger partial charge in [-0.2, -0.15) is 0 Å². The highest BCUT2D eigenvalue weighted by atomic mass is 79.9. The summed E-state index contributed by atoms with van der Waals surface area (Å²) in [6.07, 6.45) is 0. The van der Waals surface area contributed by atoms with Gasteiger partial charge < -0.3 is 9.47 Å². The van der Waals surface area contributed by atoms with Gasteiger partial charge in [-0.05, 0) is 18.2 Å². The molecule has 2 aromatic carbocycles. The zero-order chi connectivity index (χ0) is 14.5. The summed E-state index contributed by atoms with van der Waals surface area (Å²) in [5.41, 5.74) is 1.12. The molecule has 0 N–H and O–H groups in total. The second-order valence-corrected chi connectivity index (χ2v) is 4.96. The van der Waals surface area contributed by atoms with E-state index in [-0.39, 0.29) is 6.61 Å². The quantitative estimate of drug-likeness (QED) is 0.791. The minimum atomic E-state index is -0.426. The third-order valence-corrected chi connectivity index (χ3v) is 3.11. The molecule has 3 nitrogen and oxygen atoms in total. The molecule has 20 heavy (non-hydrogen) atoms. The number of hydrogen-bond acceptors (Lipinski definition) is 3. The van der Waals surface area contributed by atoms with E-state index >= 15 is 0 Å². The number of carbonyl (C=O) groups is 1. The van der Waals surface area contributed by atoms with Gasteiger partial charge in [0.15, 0.2) is 0 Å². The fourth-order valence-electron chi connectivity index (χ4n) is 1.73. The summed E-state index contributed by atoms with van der Waals surface area (Å²) < 4.78 is 24.0. The lowest BCUT2D eigenvalue weighted by atomic mass is 10.1. The van der Waals surface area contributed by atoms with Crippen LogP contribution in [0.15, 0.2) is 46.9 Å². The molecule has 2 rings (SSSR count).